The normalized spacial score (nSPS) is 14.0. The Labute approximate surface area is 130 Å². The number of hydrogen-bond donors (Lipinski definition) is 0. The second-order valence-corrected chi connectivity index (χ2v) is 6.61. The van der Waals surface area contributed by atoms with E-state index in [-0.39, 0.29) is 5.91 Å². The van der Waals surface area contributed by atoms with Crippen molar-refractivity contribution >= 4 is 33.2 Å². The smallest absolute Gasteiger partial charge is 0.257 e. The Morgan fingerprint density at radius 1 is 1.40 bits per heavy atom. The molecule has 2 heterocycles. The third-order valence-corrected chi connectivity index (χ3v) is 5.01. The number of fused-ring (bicyclic) bond motifs is 1. The molecular weight excluding hydrogens is 338 g/mol. The lowest BCUT2D eigenvalue weighted by atomic mass is 10.1. The number of hydrogen-bond acceptors (Lipinski definition) is 3. The number of rotatable bonds is 2. The first-order valence-electron chi connectivity index (χ1n) is 6.37. The lowest BCUT2D eigenvalue weighted by molar-refractivity contribution is 0.0732. The maximum absolute atomic E-state index is 12.7. The Hall–Kier alpha value is -1.33. The van der Waals surface area contributed by atoms with Crippen LogP contribution in [0.4, 0.5) is 0 Å². The van der Waals surface area contributed by atoms with Crippen molar-refractivity contribution in [1.29, 1.82) is 0 Å². The van der Waals surface area contributed by atoms with E-state index in [4.69, 9.17) is 4.74 Å². The fourth-order valence-corrected chi connectivity index (χ4v) is 3.66. The average molecular weight is 352 g/mol. The minimum Gasteiger partial charge on any atom is -0.496 e. The van der Waals surface area contributed by atoms with Gasteiger partial charge < -0.3 is 9.64 Å². The zero-order valence-electron chi connectivity index (χ0n) is 11.1. The molecule has 0 atom stereocenters. The lowest BCUT2D eigenvalue weighted by Crippen LogP contribution is -2.35. The first-order chi connectivity index (χ1) is 9.69. The van der Waals surface area contributed by atoms with Crippen molar-refractivity contribution in [2.75, 3.05) is 13.7 Å². The largest absolute Gasteiger partial charge is 0.496 e. The number of amides is 1. The van der Waals surface area contributed by atoms with Gasteiger partial charge in [-0.15, -0.1) is 11.3 Å². The van der Waals surface area contributed by atoms with Gasteiger partial charge in [0.1, 0.15) is 5.75 Å². The van der Waals surface area contributed by atoms with E-state index in [1.54, 1.807) is 18.4 Å². The highest BCUT2D eigenvalue weighted by Crippen LogP contribution is 2.28. The summed E-state index contributed by atoms with van der Waals surface area (Å²) in [6, 6.07) is 7.62. The molecule has 0 fully saturated rings. The topological polar surface area (TPSA) is 29.5 Å². The molecule has 1 amide bonds. The molecule has 0 aliphatic carbocycles. The monoisotopic (exact) mass is 351 g/mol. The van der Waals surface area contributed by atoms with Gasteiger partial charge in [-0.3, -0.25) is 4.79 Å². The minimum absolute atomic E-state index is 0.0335. The van der Waals surface area contributed by atoms with Crippen molar-refractivity contribution in [3.05, 3.63) is 50.1 Å². The molecule has 5 heteroatoms. The van der Waals surface area contributed by atoms with Crippen LogP contribution in [-0.4, -0.2) is 24.5 Å². The SMILES string of the molecule is COc1cc(Br)ccc1C(=O)N1CCc2sccc2C1. The zero-order valence-corrected chi connectivity index (χ0v) is 13.5. The van der Waals surface area contributed by atoms with Crippen LogP contribution in [0, 0.1) is 0 Å². The second kappa shape index (κ2) is 5.58. The van der Waals surface area contributed by atoms with Crippen LogP contribution in [0.5, 0.6) is 5.75 Å². The van der Waals surface area contributed by atoms with Crippen molar-refractivity contribution < 1.29 is 9.53 Å². The molecule has 1 aliphatic rings. The summed E-state index contributed by atoms with van der Waals surface area (Å²) < 4.78 is 6.22. The van der Waals surface area contributed by atoms with Crippen LogP contribution in [0.1, 0.15) is 20.8 Å². The van der Waals surface area contributed by atoms with Gasteiger partial charge >= 0.3 is 0 Å². The van der Waals surface area contributed by atoms with Crippen molar-refractivity contribution in [3.8, 4) is 5.75 Å². The maximum atomic E-state index is 12.7. The number of carbonyl (C=O) groups excluding carboxylic acids is 1. The summed E-state index contributed by atoms with van der Waals surface area (Å²) in [7, 11) is 1.59. The molecule has 1 aliphatic heterocycles. The highest BCUT2D eigenvalue weighted by molar-refractivity contribution is 9.10. The Morgan fingerprint density at radius 3 is 3.05 bits per heavy atom. The predicted molar refractivity (Wildman–Crippen MR) is 83.5 cm³/mol. The minimum atomic E-state index is 0.0335. The third-order valence-electron chi connectivity index (χ3n) is 3.49. The van der Waals surface area contributed by atoms with E-state index in [0.717, 1.165) is 17.4 Å². The van der Waals surface area contributed by atoms with Crippen LogP contribution in [0.25, 0.3) is 0 Å². The van der Waals surface area contributed by atoms with Crippen LogP contribution in [-0.2, 0) is 13.0 Å². The number of ether oxygens (including phenoxy) is 1. The summed E-state index contributed by atoms with van der Waals surface area (Å²) in [5.41, 5.74) is 1.89. The van der Waals surface area contributed by atoms with Crippen LogP contribution in [0.15, 0.2) is 34.1 Å². The Morgan fingerprint density at radius 2 is 2.25 bits per heavy atom. The molecule has 0 saturated carbocycles. The molecule has 0 spiro atoms. The molecule has 0 radical (unpaired) electrons. The van der Waals surface area contributed by atoms with Crippen LogP contribution in [0.3, 0.4) is 0 Å². The number of thiophene rings is 1. The van der Waals surface area contributed by atoms with E-state index in [1.165, 1.54) is 10.4 Å². The fraction of sp³-hybridized carbons (Fsp3) is 0.267. The van der Waals surface area contributed by atoms with Gasteiger partial charge in [-0.25, -0.2) is 0 Å². The number of halogens is 1. The van der Waals surface area contributed by atoms with Gasteiger partial charge in [0.2, 0.25) is 0 Å². The van der Waals surface area contributed by atoms with Gasteiger partial charge in [-0.2, -0.15) is 0 Å². The first-order valence-corrected chi connectivity index (χ1v) is 8.04. The van der Waals surface area contributed by atoms with Crippen molar-refractivity contribution in [1.82, 2.24) is 4.90 Å². The van der Waals surface area contributed by atoms with E-state index in [9.17, 15) is 4.79 Å². The van der Waals surface area contributed by atoms with E-state index >= 15 is 0 Å². The number of nitrogens with zero attached hydrogens (tertiary/aromatic N) is 1. The van der Waals surface area contributed by atoms with Crippen molar-refractivity contribution in [2.45, 2.75) is 13.0 Å². The third kappa shape index (κ3) is 2.47. The lowest BCUT2D eigenvalue weighted by Gasteiger charge is -2.27. The molecule has 3 nitrogen and oxygen atoms in total. The van der Waals surface area contributed by atoms with Crippen LogP contribution in [0.2, 0.25) is 0 Å². The number of methoxy groups -OCH3 is 1. The Kier molecular flexibility index (Phi) is 3.81. The molecule has 0 bridgehead atoms. The molecule has 0 N–H and O–H groups in total. The van der Waals surface area contributed by atoms with Gasteiger partial charge in [0, 0.05) is 22.4 Å². The molecule has 1 aromatic heterocycles. The quantitative estimate of drug-likeness (QED) is 0.825. The average Bonchev–Trinajstić information content (AvgIpc) is 2.93. The van der Waals surface area contributed by atoms with Gasteiger partial charge in [-0.05, 0) is 41.6 Å². The fourth-order valence-electron chi connectivity index (χ4n) is 2.43. The highest BCUT2D eigenvalue weighted by atomic mass is 79.9. The highest BCUT2D eigenvalue weighted by Gasteiger charge is 2.24. The van der Waals surface area contributed by atoms with E-state index in [0.29, 0.717) is 17.9 Å². The summed E-state index contributed by atoms with van der Waals surface area (Å²) in [5, 5.41) is 2.10. The first kappa shape index (κ1) is 13.6. The number of carbonyl (C=O) groups is 1. The predicted octanol–water partition coefficient (Wildman–Crippen LogP) is 3.72. The maximum Gasteiger partial charge on any atom is 0.257 e. The van der Waals surface area contributed by atoms with Gasteiger partial charge in [0.05, 0.1) is 12.7 Å². The van der Waals surface area contributed by atoms with E-state index in [1.807, 2.05) is 23.1 Å². The molecule has 20 heavy (non-hydrogen) atoms. The molecule has 1 aromatic carbocycles. The number of benzene rings is 1. The summed E-state index contributed by atoms with van der Waals surface area (Å²) in [6.07, 6.45) is 0.942. The summed E-state index contributed by atoms with van der Waals surface area (Å²) >= 11 is 5.17. The summed E-state index contributed by atoms with van der Waals surface area (Å²) in [6.45, 7) is 1.46. The Balaban J connectivity index is 1.87. The molecule has 2 aromatic rings. The molecule has 0 saturated heterocycles. The van der Waals surface area contributed by atoms with Gasteiger partial charge in [0.15, 0.2) is 0 Å². The summed E-state index contributed by atoms with van der Waals surface area (Å²) in [5.74, 6) is 0.645. The van der Waals surface area contributed by atoms with Gasteiger partial charge in [0.25, 0.3) is 5.91 Å². The van der Waals surface area contributed by atoms with Crippen LogP contribution >= 0.6 is 27.3 Å². The van der Waals surface area contributed by atoms with Gasteiger partial charge in [-0.1, -0.05) is 15.9 Å². The molecule has 104 valence electrons. The summed E-state index contributed by atoms with van der Waals surface area (Å²) in [4.78, 5) is 15.9. The van der Waals surface area contributed by atoms with Crippen molar-refractivity contribution in [2.24, 2.45) is 0 Å². The van der Waals surface area contributed by atoms with Crippen LogP contribution < -0.4 is 4.74 Å². The van der Waals surface area contributed by atoms with E-state index < -0.39 is 0 Å². The van der Waals surface area contributed by atoms with Crippen molar-refractivity contribution in [3.63, 3.8) is 0 Å². The molecular formula is C15H14BrNO2S. The zero-order chi connectivity index (χ0) is 14.1. The Bertz CT molecular complexity index is 653. The second-order valence-electron chi connectivity index (χ2n) is 4.69. The molecule has 0 unspecified atom stereocenters. The standard InChI is InChI=1S/C15H14BrNO2S/c1-19-13-8-11(16)2-3-12(13)15(18)17-6-4-14-10(9-17)5-7-20-14/h2-3,5,7-8H,4,6,9H2,1H3. The van der Waals surface area contributed by atoms with E-state index in [2.05, 4.69) is 27.4 Å². The molecule has 3 rings (SSSR count).